The predicted molar refractivity (Wildman–Crippen MR) is 213 cm³/mol. The maximum Gasteiger partial charge on any atom is 0.258 e. The zero-order valence-corrected chi connectivity index (χ0v) is 32.4. The molecule has 0 bridgehead atoms. The lowest BCUT2D eigenvalue weighted by molar-refractivity contribution is 0.0761. The molecule has 0 aliphatic carbocycles. The van der Waals surface area contributed by atoms with E-state index in [-0.39, 0.29) is 11.7 Å². The van der Waals surface area contributed by atoms with Gasteiger partial charge in [0, 0.05) is 43.4 Å². The second-order valence-electron chi connectivity index (χ2n) is 14.9. The van der Waals surface area contributed by atoms with Crippen LogP contribution in [0, 0.1) is 5.82 Å². The van der Waals surface area contributed by atoms with Crippen LogP contribution >= 0.6 is 0 Å². The molecule has 0 N–H and O–H groups in total. The van der Waals surface area contributed by atoms with E-state index < -0.39 is 14.2 Å². The number of hydrogen-bond donors (Lipinski definition) is 0. The summed E-state index contributed by atoms with van der Waals surface area (Å²) in [4.78, 5) is 21.7. The minimum Gasteiger partial charge on any atom is -0.497 e. The van der Waals surface area contributed by atoms with Gasteiger partial charge in [0.05, 0.1) is 32.9 Å². The lowest BCUT2D eigenvalue weighted by Gasteiger charge is -2.24. The molecule has 5 aromatic carbocycles. The average Bonchev–Trinajstić information content (AvgIpc) is 3.50. The van der Waals surface area contributed by atoms with E-state index in [0.29, 0.717) is 60.2 Å². The molecule has 0 atom stereocenters. The first kappa shape index (κ1) is 36.7. The number of aromatic nitrogens is 1. The van der Waals surface area contributed by atoms with Crippen molar-refractivity contribution in [1.29, 1.82) is 0 Å². The van der Waals surface area contributed by atoms with Crippen molar-refractivity contribution in [2.24, 2.45) is 0 Å². The molecule has 2 heterocycles. The molecular formula is C45H45FN2O5Si. The van der Waals surface area contributed by atoms with Crippen LogP contribution in [0.1, 0.15) is 49.8 Å². The number of amides is 1. The van der Waals surface area contributed by atoms with Gasteiger partial charge in [-0.05, 0) is 65.1 Å². The Balaban J connectivity index is 1.41. The van der Waals surface area contributed by atoms with Gasteiger partial charge in [-0.1, -0.05) is 92.4 Å². The standard InChI is InChI=1S/C45H45FN2O5Si/c1-50-36-21-18-34(39(26-36)51-2)28-48-29-38-40(45(48)49)44(53-42(32-12-8-6-9-13-32)33-14-10-7-11-15-33)41-37(43(38)52-22-23-54(3,4)5)25-31(27-47-41)24-30-16-19-35(46)20-17-30/h6-21,25-27,42H,22-24,28-29H2,1-5H3. The van der Waals surface area contributed by atoms with Gasteiger partial charge >= 0.3 is 0 Å². The van der Waals surface area contributed by atoms with Gasteiger partial charge < -0.3 is 23.8 Å². The molecular weight excluding hydrogens is 696 g/mol. The molecule has 54 heavy (non-hydrogen) atoms. The predicted octanol–water partition coefficient (Wildman–Crippen LogP) is 10.0. The van der Waals surface area contributed by atoms with E-state index in [9.17, 15) is 9.18 Å². The van der Waals surface area contributed by atoms with Crippen LogP contribution in [0.5, 0.6) is 23.0 Å². The summed E-state index contributed by atoms with van der Waals surface area (Å²) in [5, 5.41) is 0.774. The van der Waals surface area contributed by atoms with Crippen LogP contribution in [0.2, 0.25) is 25.7 Å². The van der Waals surface area contributed by atoms with Crippen LogP contribution in [0.3, 0.4) is 0 Å². The minimum absolute atomic E-state index is 0.174. The van der Waals surface area contributed by atoms with Crippen LogP contribution in [0.25, 0.3) is 10.9 Å². The molecule has 276 valence electrons. The molecule has 0 saturated heterocycles. The lowest BCUT2D eigenvalue weighted by atomic mass is 9.98. The van der Waals surface area contributed by atoms with Crippen molar-refractivity contribution in [2.75, 3.05) is 20.8 Å². The smallest absolute Gasteiger partial charge is 0.258 e. The van der Waals surface area contributed by atoms with Crippen molar-refractivity contribution < 1.29 is 28.1 Å². The normalized spacial score (nSPS) is 12.6. The molecule has 1 aliphatic rings. The molecule has 0 radical (unpaired) electrons. The highest BCUT2D eigenvalue weighted by molar-refractivity contribution is 6.76. The van der Waals surface area contributed by atoms with Crippen LogP contribution in [-0.4, -0.2) is 44.7 Å². The quantitative estimate of drug-likeness (QED) is 0.104. The second kappa shape index (κ2) is 15.7. The Bertz CT molecular complexity index is 2220. The Labute approximate surface area is 317 Å². The number of benzene rings is 5. The van der Waals surface area contributed by atoms with E-state index in [2.05, 4.69) is 25.7 Å². The van der Waals surface area contributed by atoms with Crippen molar-refractivity contribution in [1.82, 2.24) is 9.88 Å². The fourth-order valence-corrected chi connectivity index (χ4v) is 7.60. The van der Waals surface area contributed by atoms with E-state index in [1.807, 2.05) is 90.0 Å². The van der Waals surface area contributed by atoms with Gasteiger partial charge in [0.25, 0.3) is 5.91 Å². The molecule has 7 rings (SSSR count). The fraction of sp³-hybridized carbons (Fsp3) is 0.244. The second-order valence-corrected chi connectivity index (χ2v) is 20.5. The summed E-state index contributed by atoms with van der Waals surface area (Å²) in [7, 11) is 1.76. The third kappa shape index (κ3) is 7.96. The summed E-state index contributed by atoms with van der Waals surface area (Å²) < 4.78 is 38.9. The largest absolute Gasteiger partial charge is 0.497 e. The van der Waals surface area contributed by atoms with Crippen molar-refractivity contribution in [3.63, 3.8) is 0 Å². The van der Waals surface area contributed by atoms with E-state index in [1.54, 1.807) is 26.4 Å². The number of carbonyl (C=O) groups is 1. The van der Waals surface area contributed by atoms with E-state index >= 15 is 0 Å². The van der Waals surface area contributed by atoms with Gasteiger partial charge in [0.2, 0.25) is 0 Å². The highest BCUT2D eigenvalue weighted by Gasteiger charge is 2.38. The number of nitrogens with zero attached hydrogens (tertiary/aromatic N) is 2. The zero-order valence-electron chi connectivity index (χ0n) is 31.4. The number of carbonyl (C=O) groups excluding carboxylic acids is 1. The van der Waals surface area contributed by atoms with Crippen LogP contribution in [0.4, 0.5) is 4.39 Å². The first-order valence-corrected chi connectivity index (χ1v) is 21.9. The first-order chi connectivity index (χ1) is 26.1. The highest BCUT2D eigenvalue weighted by atomic mass is 28.3. The Morgan fingerprint density at radius 1 is 0.815 bits per heavy atom. The molecule has 0 saturated carbocycles. The molecule has 6 aromatic rings. The van der Waals surface area contributed by atoms with E-state index in [1.165, 1.54) is 12.1 Å². The summed E-state index contributed by atoms with van der Waals surface area (Å²) in [5.41, 5.74) is 6.40. The number of pyridine rings is 1. The van der Waals surface area contributed by atoms with Gasteiger partial charge in [0.1, 0.15) is 34.7 Å². The monoisotopic (exact) mass is 740 g/mol. The Kier molecular flexibility index (Phi) is 10.7. The first-order valence-electron chi connectivity index (χ1n) is 18.2. The summed E-state index contributed by atoms with van der Waals surface area (Å²) in [6.07, 6.45) is 1.84. The molecule has 1 amide bonds. The summed E-state index contributed by atoms with van der Waals surface area (Å²) >= 11 is 0. The average molecular weight is 741 g/mol. The summed E-state index contributed by atoms with van der Waals surface area (Å²) in [5.74, 6) is 1.91. The van der Waals surface area contributed by atoms with Crippen LogP contribution < -0.4 is 18.9 Å². The van der Waals surface area contributed by atoms with Crippen LogP contribution in [0.15, 0.2) is 115 Å². The minimum atomic E-state index is -1.47. The molecule has 0 fully saturated rings. The molecule has 0 spiro atoms. The van der Waals surface area contributed by atoms with E-state index in [4.69, 9.17) is 23.9 Å². The van der Waals surface area contributed by atoms with Crippen molar-refractivity contribution in [2.45, 2.75) is 51.3 Å². The van der Waals surface area contributed by atoms with Crippen molar-refractivity contribution in [3.8, 4) is 23.0 Å². The Morgan fingerprint density at radius 3 is 2.13 bits per heavy atom. The topological polar surface area (TPSA) is 70.1 Å². The Morgan fingerprint density at radius 2 is 1.50 bits per heavy atom. The number of hydrogen-bond acceptors (Lipinski definition) is 6. The third-order valence-electron chi connectivity index (χ3n) is 9.77. The molecule has 9 heteroatoms. The summed E-state index contributed by atoms with van der Waals surface area (Å²) in [6, 6.07) is 35.2. The zero-order chi connectivity index (χ0) is 37.8. The molecule has 1 aromatic heterocycles. The third-order valence-corrected chi connectivity index (χ3v) is 11.5. The molecule has 0 unspecified atom stereocenters. The number of ether oxygens (including phenoxy) is 4. The number of fused-ring (bicyclic) bond motifs is 2. The molecule has 1 aliphatic heterocycles. The van der Waals surface area contributed by atoms with Gasteiger partial charge in [-0.25, -0.2) is 4.39 Å². The SMILES string of the molecule is COc1ccc(CN2Cc3c(c(OC(c4ccccc4)c4ccccc4)c4ncc(Cc5ccc(F)cc5)cc4c3OCC[Si](C)(C)C)C2=O)c(OC)c1. The maximum absolute atomic E-state index is 14.8. The number of methoxy groups -OCH3 is 2. The van der Waals surface area contributed by atoms with Gasteiger partial charge in [-0.3, -0.25) is 9.78 Å². The van der Waals surface area contributed by atoms with Gasteiger partial charge in [0.15, 0.2) is 5.75 Å². The van der Waals surface area contributed by atoms with Gasteiger partial charge in [-0.15, -0.1) is 0 Å². The van der Waals surface area contributed by atoms with Crippen molar-refractivity contribution >= 4 is 24.9 Å². The lowest BCUT2D eigenvalue weighted by Crippen LogP contribution is -2.24. The highest BCUT2D eigenvalue weighted by Crippen LogP contribution is 2.47. The maximum atomic E-state index is 14.8. The summed E-state index contributed by atoms with van der Waals surface area (Å²) in [6.45, 7) is 8.07. The van der Waals surface area contributed by atoms with Gasteiger partial charge in [-0.2, -0.15) is 0 Å². The number of rotatable bonds is 14. The number of halogens is 1. The Hall–Kier alpha value is -5.67. The molecule has 7 nitrogen and oxygen atoms in total. The van der Waals surface area contributed by atoms with E-state index in [0.717, 1.165) is 44.8 Å². The van der Waals surface area contributed by atoms with Crippen LogP contribution in [-0.2, 0) is 19.5 Å². The fourth-order valence-electron chi connectivity index (χ4n) is 6.88. The van der Waals surface area contributed by atoms with Crippen molar-refractivity contribution in [3.05, 3.63) is 160 Å².